The van der Waals surface area contributed by atoms with Gasteiger partial charge in [-0.2, -0.15) is 0 Å². The number of aromatic amines is 1. The van der Waals surface area contributed by atoms with E-state index in [1.165, 1.54) is 12.8 Å². The van der Waals surface area contributed by atoms with E-state index < -0.39 is 0 Å². The average Bonchev–Trinajstić information content (AvgIpc) is 3.04. The minimum absolute atomic E-state index is 0.0256. The lowest BCUT2D eigenvalue weighted by atomic mass is 9.96. The summed E-state index contributed by atoms with van der Waals surface area (Å²) >= 11 is 0. The number of nitrogens with one attached hydrogen (secondary N) is 1. The molecule has 0 unspecified atom stereocenters. The maximum atomic E-state index is 12.8. The van der Waals surface area contributed by atoms with Gasteiger partial charge in [0, 0.05) is 18.0 Å². The molecule has 1 aliphatic carbocycles. The van der Waals surface area contributed by atoms with Crippen LogP contribution in [0.3, 0.4) is 0 Å². The maximum absolute atomic E-state index is 12.8. The van der Waals surface area contributed by atoms with Gasteiger partial charge in [0.05, 0.1) is 0 Å². The minimum Gasteiger partial charge on any atom is -0.333 e. The fraction of sp³-hybridized carbons (Fsp3) is 0.812. The predicted octanol–water partition coefficient (Wildman–Crippen LogP) is 3.14. The highest BCUT2D eigenvalue weighted by molar-refractivity contribution is 5.90. The van der Waals surface area contributed by atoms with Crippen LogP contribution in [0.5, 0.6) is 0 Å². The van der Waals surface area contributed by atoms with Gasteiger partial charge in [-0.05, 0) is 18.8 Å². The smallest absolute Gasteiger partial charge is 0.293 e. The third-order valence-electron chi connectivity index (χ3n) is 3.98. The van der Waals surface area contributed by atoms with E-state index >= 15 is 0 Å². The van der Waals surface area contributed by atoms with Crippen LogP contribution in [0.15, 0.2) is 0 Å². The van der Waals surface area contributed by atoms with Gasteiger partial charge < -0.3 is 4.90 Å². The van der Waals surface area contributed by atoms with Crippen LogP contribution in [0, 0.1) is 5.92 Å². The molecule has 0 spiro atoms. The first-order valence-electron chi connectivity index (χ1n) is 8.03. The monoisotopic (exact) mass is 292 g/mol. The molecule has 0 atom stereocenters. The third kappa shape index (κ3) is 3.83. The Kier molecular flexibility index (Phi) is 4.69. The van der Waals surface area contributed by atoms with E-state index in [9.17, 15) is 4.79 Å². The Balaban J connectivity index is 2.19. The predicted molar refractivity (Wildman–Crippen MR) is 83.2 cm³/mol. The van der Waals surface area contributed by atoms with Gasteiger partial charge in [0.25, 0.3) is 5.91 Å². The van der Waals surface area contributed by atoms with Crippen molar-refractivity contribution in [3.05, 3.63) is 11.6 Å². The topological polar surface area (TPSA) is 61.9 Å². The van der Waals surface area contributed by atoms with Crippen LogP contribution in [0.2, 0.25) is 0 Å². The van der Waals surface area contributed by atoms with Gasteiger partial charge >= 0.3 is 0 Å². The highest BCUT2D eigenvalue weighted by Crippen LogP contribution is 2.26. The molecule has 0 bridgehead atoms. The van der Waals surface area contributed by atoms with Crippen LogP contribution >= 0.6 is 0 Å². The van der Waals surface area contributed by atoms with Gasteiger partial charge in [-0.3, -0.25) is 9.89 Å². The minimum atomic E-state index is -0.123. The summed E-state index contributed by atoms with van der Waals surface area (Å²) in [5.41, 5.74) is -0.123. The number of hydrogen-bond donors (Lipinski definition) is 1. The molecule has 1 N–H and O–H groups in total. The molecule has 1 fully saturated rings. The van der Waals surface area contributed by atoms with E-state index in [0.29, 0.717) is 17.8 Å². The summed E-state index contributed by atoms with van der Waals surface area (Å²) in [5.74, 6) is 1.51. The standard InChI is InChI=1S/C16H28N4O/c1-11(2)10-20(12-8-6-7-9-12)14(21)13-17-15(19-18-13)16(3,4)5/h11-12H,6-10H2,1-5H3,(H,17,18,19). The van der Waals surface area contributed by atoms with Crippen LogP contribution in [0.4, 0.5) is 0 Å². The molecule has 0 aliphatic heterocycles. The zero-order valence-electron chi connectivity index (χ0n) is 13.9. The van der Waals surface area contributed by atoms with Crippen LogP contribution in [0.25, 0.3) is 0 Å². The van der Waals surface area contributed by atoms with Gasteiger partial charge in [-0.15, -0.1) is 5.10 Å². The molecular formula is C16H28N4O. The molecule has 2 rings (SSSR count). The first kappa shape index (κ1) is 16.0. The highest BCUT2D eigenvalue weighted by Gasteiger charge is 2.31. The number of carbonyl (C=O) groups excluding carboxylic acids is 1. The summed E-state index contributed by atoms with van der Waals surface area (Å²) in [6.07, 6.45) is 4.64. The first-order valence-corrected chi connectivity index (χ1v) is 8.03. The molecule has 1 amide bonds. The van der Waals surface area contributed by atoms with Crippen LogP contribution in [-0.2, 0) is 5.41 Å². The van der Waals surface area contributed by atoms with E-state index in [1.807, 2.05) is 4.90 Å². The van der Waals surface area contributed by atoms with Gasteiger partial charge in [-0.1, -0.05) is 47.5 Å². The SMILES string of the molecule is CC(C)CN(C(=O)c1n[nH]c(C(C)(C)C)n1)C1CCCC1. The lowest BCUT2D eigenvalue weighted by Gasteiger charge is -2.29. The molecular weight excluding hydrogens is 264 g/mol. The third-order valence-corrected chi connectivity index (χ3v) is 3.98. The van der Waals surface area contributed by atoms with Crippen molar-refractivity contribution < 1.29 is 4.79 Å². The fourth-order valence-corrected chi connectivity index (χ4v) is 2.83. The van der Waals surface area contributed by atoms with E-state index in [-0.39, 0.29) is 11.3 Å². The molecule has 5 nitrogen and oxygen atoms in total. The second kappa shape index (κ2) is 6.16. The van der Waals surface area contributed by atoms with Crippen molar-refractivity contribution in [3.8, 4) is 0 Å². The molecule has 1 saturated carbocycles. The van der Waals surface area contributed by atoms with Gasteiger partial charge in [0.2, 0.25) is 5.82 Å². The summed E-state index contributed by atoms with van der Waals surface area (Å²) < 4.78 is 0. The van der Waals surface area contributed by atoms with Crippen molar-refractivity contribution in [3.63, 3.8) is 0 Å². The Labute approximate surface area is 127 Å². The normalized spacial score (nSPS) is 16.7. The van der Waals surface area contributed by atoms with E-state index in [1.54, 1.807) is 0 Å². The summed E-state index contributed by atoms with van der Waals surface area (Å²) in [4.78, 5) is 19.2. The van der Waals surface area contributed by atoms with Crippen LogP contribution in [-0.4, -0.2) is 38.6 Å². The van der Waals surface area contributed by atoms with Gasteiger partial charge in [0.1, 0.15) is 5.82 Å². The van der Waals surface area contributed by atoms with Crippen LogP contribution < -0.4 is 0 Å². The van der Waals surface area contributed by atoms with Crippen molar-refractivity contribution in [2.45, 2.75) is 71.8 Å². The molecule has 5 heteroatoms. The zero-order valence-corrected chi connectivity index (χ0v) is 13.9. The quantitative estimate of drug-likeness (QED) is 0.927. The highest BCUT2D eigenvalue weighted by atomic mass is 16.2. The number of H-pyrrole nitrogens is 1. The fourth-order valence-electron chi connectivity index (χ4n) is 2.83. The molecule has 1 aromatic heterocycles. The van der Waals surface area contributed by atoms with Gasteiger partial charge in [-0.25, -0.2) is 4.98 Å². The molecule has 1 aliphatic rings. The summed E-state index contributed by atoms with van der Waals surface area (Å²) in [6, 6.07) is 0.358. The molecule has 1 heterocycles. The van der Waals surface area contributed by atoms with E-state index in [2.05, 4.69) is 49.8 Å². The number of rotatable bonds is 4. The van der Waals surface area contributed by atoms with Crippen molar-refractivity contribution in [2.75, 3.05) is 6.54 Å². The van der Waals surface area contributed by atoms with E-state index in [0.717, 1.165) is 25.2 Å². The van der Waals surface area contributed by atoms with Crippen molar-refractivity contribution >= 4 is 5.91 Å². The number of amides is 1. The maximum Gasteiger partial charge on any atom is 0.293 e. The Morgan fingerprint density at radius 3 is 2.43 bits per heavy atom. The average molecular weight is 292 g/mol. The van der Waals surface area contributed by atoms with Gasteiger partial charge in [0.15, 0.2) is 0 Å². The number of hydrogen-bond acceptors (Lipinski definition) is 3. The summed E-state index contributed by atoms with van der Waals surface area (Å²) in [5, 5.41) is 7.07. The van der Waals surface area contributed by atoms with E-state index in [4.69, 9.17) is 0 Å². The molecule has 0 saturated heterocycles. The first-order chi connectivity index (χ1) is 9.79. The second-order valence-electron chi connectivity index (χ2n) is 7.55. The Hall–Kier alpha value is -1.39. The zero-order chi connectivity index (χ0) is 15.6. The number of carbonyl (C=O) groups is 1. The lowest BCUT2D eigenvalue weighted by Crippen LogP contribution is -2.41. The molecule has 118 valence electrons. The van der Waals surface area contributed by atoms with Crippen molar-refractivity contribution in [1.82, 2.24) is 20.1 Å². The molecule has 0 radical (unpaired) electrons. The number of aromatic nitrogens is 3. The Morgan fingerprint density at radius 1 is 1.33 bits per heavy atom. The Morgan fingerprint density at radius 2 is 1.95 bits per heavy atom. The Bertz CT molecular complexity index is 481. The second-order valence-corrected chi connectivity index (χ2v) is 7.55. The summed E-state index contributed by atoms with van der Waals surface area (Å²) in [7, 11) is 0. The largest absolute Gasteiger partial charge is 0.333 e. The van der Waals surface area contributed by atoms with Crippen LogP contribution in [0.1, 0.15) is 76.7 Å². The molecule has 0 aromatic carbocycles. The summed E-state index contributed by atoms with van der Waals surface area (Å²) in [6.45, 7) is 11.3. The molecule has 21 heavy (non-hydrogen) atoms. The number of nitrogens with zero attached hydrogens (tertiary/aromatic N) is 3. The van der Waals surface area contributed by atoms with Crippen molar-refractivity contribution in [1.29, 1.82) is 0 Å². The molecule has 1 aromatic rings. The lowest BCUT2D eigenvalue weighted by molar-refractivity contribution is 0.0643. The van der Waals surface area contributed by atoms with Crippen molar-refractivity contribution in [2.24, 2.45) is 5.92 Å².